The maximum Gasteiger partial charge on any atom is 0.272 e. The number of rotatable bonds is 3. The van der Waals surface area contributed by atoms with Gasteiger partial charge >= 0.3 is 0 Å². The number of amides is 1. The van der Waals surface area contributed by atoms with Crippen LogP contribution in [-0.4, -0.2) is 60.5 Å². The van der Waals surface area contributed by atoms with Crippen molar-refractivity contribution >= 4 is 51.9 Å². The Morgan fingerprint density at radius 1 is 1.05 bits per heavy atom. The Bertz CT molecular complexity index is 1360. The van der Waals surface area contributed by atoms with E-state index in [1.807, 2.05) is 42.5 Å². The smallest absolute Gasteiger partial charge is 0.272 e. The molecular formula is C29H30ClN5OS. The SMILES string of the molecule is Cc1cccc(N2CCN(C(=S)NC3N=C(c4ccccc4)c4cc(Cl)ccc4N(C)C3=O)CC2C)c1. The summed E-state index contributed by atoms with van der Waals surface area (Å²) in [5.74, 6) is -0.178. The predicted molar refractivity (Wildman–Crippen MR) is 156 cm³/mol. The number of thiocarbonyl (C=S) groups is 1. The molecule has 2 unspecified atom stereocenters. The van der Waals surface area contributed by atoms with E-state index < -0.39 is 6.17 Å². The number of fused-ring (bicyclic) bond motifs is 1. The molecule has 2 heterocycles. The number of hydrogen-bond donors (Lipinski definition) is 1. The van der Waals surface area contributed by atoms with Gasteiger partial charge < -0.3 is 20.0 Å². The second-order valence-electron chi connectivity index (χ2n) is 9.58. The molecule has 190 valence electrons. The molecule has 1 saturated heterocycles. The zero-order chi connectivity index (χ0) is 26.1. The van der Waals surface area contributed by atoms with Crippen LogP contribution in [0.2, 0.25) is 5.02 Å². The number of likely N-dealkylation sites (N-methyl/N-ethyl adjacent to an activating group) is 1. The minimum Gasteiger partial charge on any atom is -0.365 e. The molecule has 1 amide bonds. The summed E-state index contributed by atoms with van der Waals surface area (Å²) in [4.78, 5) is 24.6. The second-order valence-corrected chi connectivity index (χ2v) is 10.4. The molecule has 3 aromatic carbocycles. The first-order valence-corrected chi connectivity index (χ1v) is 13.2. The van der Waals surface area contributed by atoms with Crippen LogP contribution in [0.1, 0.15) is 23.6 Å². The lowest BCUT2D eigenvalue weighted by Crippen LogP contribution is -2.58. The van der Waals surface area contributed by atoms with Crippen LogP contribution in [-0.2, 0) is 4.79 Å². The van der Waals surface area contributed by atoms with Crippen molar-refractivity contribution in [3.63, 3.8) is 0 Å². The largest absolute Gasteiger partial charge is 0.365 e. The molecule has 8 heteroatoms. The summed E-state index contributed by atoms with van der Waals surface area (Å²) in [5, 5.41) is 4.39. The van der Waals surface area contributed by atoms with Gasteiger partial charge in [0.25, 0.3) is 5.91 Å². The third-order valence-electron chi connectivity index (χ3n) is 6.95. The summed E-state index contributed by atoms with van der Waals surface area (Å²) in [6.07, 6.45) is -0.857. The molecule has 3 aromatic rings. The van der Waals surface area contributed by atoms with Gasteiger partial charge in [-0.05, 0) is 62.0 Å². The first-order valence-electron chi connectivity index (χ1n) is 12.4. The highest BCUT2D eigenvalue weighted by atomic mass is 35.5. The van der Waals surface area contributed by atoms with Gasteiger partial charge in [0.2, 0.25) is 6.17 Å². The number of benzene rings is 3. The fraction of sp³-hybridized carbons (Fsp3) is 0.276. The van der Waals surface area contributed by atoms with Crippen LogP contribution in [0.5, 0.6) is 0 Å². The van der Waals surface area contributed by atoms with Crippen molar-refractivity contribution < 1.29 is 4.79 Å². The molecule has 0 spiro atoms. The van der Waals surface area contributed by atoms with E-state index in [9.17, 15) is 4.79 Å². The first-order chi connectivity index (χ1) is 17.8. The van der Waals surface area contributed by atoms with Crippen molar-refractivity contribution in [3.05, 3.63) is 94.5 Å². The molecule has 2 aliphatic rings. The molecule has 0 aromatic heterocycles. The number of piperazine rings is 1. The summed E-state index contributed by atoms with van der Waals surface area (Å²) >= 11 is 12.2. The molecule has 2 aliphatic heterocycles. The maximum absolute atomic E-state index is 13.6. The fourth-order valence-corrected chi connectivity index (χ4v) is 5.46. The van der Waals surface area contributed by atoms with Gasteiger partial charge in [0.05, 0.1) is 11.4 Å². The third-order valence-corrected chi connectivity index (χ3v) is 7.56. The number of nitrogens with one attached hydrogen (secondary N) is 1. The Labute approximate surface area is 228 Å². The monoisotopic (exact) mass is 531 g/mol. The van der Waals surface area contributed by atoms with E-state index in [-0.39, 0.29) is 11.9 Å². The van der Waals surface area contributed by atoms with Crippen LogP contribution in [0.15, 0.2) is 77.8 Å². The van der Waals surface area contributed by atoms with E-state index in [1.54, 1.807) is 18.0 Å². The van der Waals surface area contributed by atoms with Gasteiger partial charge in [0.1, 0.15) is 0 Å². The normalized spacial score (nSPS) is 19.7. The molecule has 5 rings (SSSR count). The van der Waals surface area contributed by atoms with Crippen LogP contribution >= 0.6 is 23.8 Å². The lowest BCUT2D eigenvalue weighted by Gasteiger charge is -2.42. The number of aryl methyl sites for hydroxylation is 1. The van der Waals surface area contributed by atoms with Gasteiger partial charge in [0, 0.05) is 54.6 Å². The quantitative estimate of drug-likeness (QED) is 0.488. The summed E-state index contributed by atoms with van der Waals surface area (Å²) in [6.45, 7) is 6.66. The maximum atomic E-state index is 13.6. The zero-order valence-electron chi connectivity index (χ0n) is 21.2. The molecule has 2 atom stereocenters. The van der Waals surface area contributed by atoms with E-state index in [4.69, 9.17) is 28.8 Å². The number of benzodiazepines with no additional fused rings is 1. The molecule has 0 saturated carbocycles. The van der Waals surface area contributed by atoms with Gasteiger partial charge in [0.15, 0.2) is 5.11 Å². The number of hydrogen-bond acceptors (Lipinski definition) is 4. The van der Waals surface area contributed by atoms with Gasteiger partial charge in [-0.1, -0.05) is 54.1 Å². The van der Waals surface area contributed by atoms with Crippen molar-refractivity contribution in [2.75, 3.05) is 36.5 Å². The predicted octanol–water partition coefficient (Wildman–Crippen LogP) is 4.87. The van der Waals surface area contributed by atoms with E-state index in [0.29, 0.717) is 15.8 Å². The summed E-state index contributed by atoms with van der Waals surface area (Å²) in [7, 11) is 1.76. The fourth-order valence-electron chi connectivity index (χ4n) is 5.01. The van der Waals surface area contributed by atoms with E-state index in [1.165, 1.54) is 11.3 Å². The van der Waals surface area contributed by atoms with Crippen LogP contribution < -0.4 is 15.1 Å². The molecule has 0 radical (unpaired) electrons. The van der Waals surface area contributed by atoms with Crippen molar-refractivity contribution in [3.8, 4) is 0 Å². The van der Waals surface area contributed by atoms with Crippen LogP contribution in [0, 0.1) is 6.92 Å². The van der Waals surface area contributed by atoms with Crippen LogP contribution in [0.25, 0.3) is 0 Å². The van der Waals surface area contributed by atoms with E-state index >= 15 is 0 Å². The number of nitrogens with zero attached hydrogens (tertiary/aromatic N) is 4. The highest BCUT2D eigenvalue weighted by molar-refractivity contribution is 7.80. The highest BCUT2D eigenvalue weighted by Crippen LogP contribution is 2.30. The van der Waals surface area contributed by atoms with Crippen molar-refractivity contribution in [1.82, 2.24) is 10.2 Å². The van der Waals surface area contributed by atoms with Gasteiger partial charge in [-0.3, -0.25) is 4.79 Å². The van der Waals surface area contributed by atoms with Gasteiger partial charge in [-0.15, -0.1) is 0 Å². The molecule has 1 N–H and O–H groups in total. The third kappa shape index (κ3) is 5.20. The molecule has 37 heavy (non-hydrogen) atoms. The minimum atomic E-state index is -0.857. The summed E-state index contributed by atoms with van der Waals surface area (Å²) in [6, 6.07) is 24.2. The summed E-state index contributed by atoms with van der Waals surface area (Å²) < 4.78 is 0. The van der Waals surface area contributed by atoms with E-state index in [2.05, 4.69) is 53.2 Å². The van der Waals surface area contributed by atoms with Crippen LogP contribution in [0.3, 0.4) is 0 Å². The number of anilines is 2. The number of carbonyl (C=O) groups excluding carboxylic acids is 1. The van der Waals surface area contributed by atoms with Gasteiger partial charge in [-0.25, -0.2) is 4.99 Å². The average molecular weight is 532 g/mol. The molecule has 0 bridgehead atoms. The number of aliphatic imine (C=N–C) groups is 1. The first kappa shape index (κ1) is 25.2. The topological polar surface area (TPSA) is 51.2 Å². The second kappa shape index (κ2) is 10.5. The molecular weight excluding hydrogens is 502 g/mol. The van der Waals surface area contributed by atoms with Crippen molar-refractivity contribution in [2.24, 2.45) is 4.99 Å². The molecule has 6 nitrogen and oxygen atoms in total. The Morgan fingerprint density at radius 2 is 1.84 bits per heavy atom. The highest BCUT2D eigenvalue weighted by Gasteiger charge is 2.33. The van der Waals surface area contributed by atoms with Gasteiger partial charge in [-0.2, -0.15) is 0 Å². The average Bonchev–Trinajstić information content (AvgIpc) is 2.99. The summed E-state index contributed by atoms with van der Waals surface area (Å²) in [5.41, 5.74) is 5.65. The molecule has 0 aliphatic carbocycles. The molecule has 1 fully saturated rings. The lowest BCUT2D eigenvalue weighted by molar-refractivity contribution is -0.119. The minimum absolute atomic E-state index is 0.178. The van der Waals surface area contributed by atoms with Crippen molar-refractivity contribution in [1.29, 1.82) is 0 Å². The standard InChI is InChI=1S/C29H30ClN5OS/c1-19-8-7-11-23(16-19)35-15-14-34(18-20(35)2)29(37)32-27-28(36)33(3)25-13-12-22(30)17-24(25)26(31-27)21-9-5-4-6-10-21/h4-13,16-17,20,27H,14-15,18H2,1-3H3,(H,32,37). The van der Waals surface area contributed by atoms with E-state index in [0.717, 1.165) is 36.4 Å². The number of halogens is 1. The number of carbonyl (C=O) groups is 1. The Morgan fingerprint density at radius 3 is 2.57 bits per heavy atom. The Hall–Kier alpha value is -3.42. The van der Waals surface area contributed by atoms with Crippen LogP contribution in [0.4, 0.5) is 11.4 Å². The Balaban J connectivity index is 1.39. The lowest BCUT2D eigenvalue weighted by atomic mass is 10.0. The van der Waals surface area contributed by atoms with Crippen molar-refractivity contribution in [2.45, 2.75) is 26.1 Å². The Kier molecular flexibility index (Phi) is 7.17. The zero-order valence-corrected chi connectivity index (χ0v) is 22.8.